The molecule has 1 amide bonds. The average molecular weight is 472 g/mol. The van der Waals surface area contributed by atoms with E-state index in [1.807, 2.05) is 38.1 Å². The van der Waals surface area contributed by atoms with Gasteiger partial charge in [-0.1, -0.05) is 25.1 Å². The van der Waals surface area contributed by atoms with Crippen LogP contribution in [-0.4, -0.2) is 34.4 Å². The number of hydrogen-bond acceptors (Lipinski definition) is 6. The van der Waals surface area contributed by atoms with Crippen LogP contribution in [-0.2, 0) is 17.6 Å². The van der Waals surface area contributed by atoms with Gasteiger partial charge in [0.2, 0.25) is 5.91 Å². The first-order valence-electron chi connectivity index (χ1n) is 11.2. The first-order valence-corrected chi connectivity index (χ1v) is 13.0. The fourth-order valence-electron chi connectivity index (χ4n) is 3.97. The summed E-state index contributed by atoms with van der Waals surface area (Å²) in [4.78, 5) is 33.2. The molecule has 4 rings (SSSR count). The van der Waals surface area contributed by atoms with E-state index >= 15 is 0 Å². The average Bonchev–Trinajstić information content (AvgIpc) is 2.99. The van der Waals surface area contributed by atoms with E-state index in [-0.39, 0.29) is 23.3 Å². The molecule has 3 aromatic rings. The van der Waals surface area contributed by atoms with Crippen molar-refractivity contribution in [1.29, 1.82) is 0 Å². The van der Waals surface area contributed by atoms with Crippen LogP contribution in [0.2, 0.25) is 0 Å². The van der Waals surface area contributed by atoms with Crippen molar-refractivity contribution in [2.24, 2.45) is 0 Å². The highest BCUT2D eigenvalue weighted by Crippen LogP contribution is 2.34. The molecule has 1 atom stereocenters. The monoisotopic (exact) mass is 471 g/mol. The smallest absolute Gasteiger partial charge is 0.267 e. The van der Waals surface area contributed by atoms with E-state index in [0.717, 1.165) is 53.8 Å². The number of hydrogen-bond donors (Lipinski definition) is 1. The normalized spacial score (nSPS) is 14.6. The van der Waals surface area contributed by atoms with Crippen LogP contribution in [0.5, 0.6) is 5.75 Å². The number of carbonyl (C=O) groups excluding carboxylic acids is 1. The Hall–Kier alpha value is -2.32. The van der Waals surface area contributed by atoms with E-state index in [9.17, 15) is 9.59 Å². The number of rotatable bonds is 7. The third-order valence-corrected chi connectivity index (χ3v) is 8.02. The topological polar surface area (TPSA) is 73.2 Å². The van der Waals surface area contributed by atoms with E-state index in [4.69, 9.17) is 9.72 Å². The molecule has 1 aliphatic carbocycles. The van der Waals surface area contributed by atoms with Crippen molar-refractivity contribution < 1.29 is 9.53 Å². The van der Waals surface area contributed by atoms with Crippen LogP contribution in [0.1, 0.15) is 50.0 Å². The summed E-state index contributed by atoms with van der Waals surface area (Å²) in [5.74, 6) is 0.882. The number of ether oxygens (including phenoxy) is 1. The van der Waals surface area contributed by atoms with Crippen LogP contribution in [0, 0.1) is 0 Å². The van der Waals surface area contributed by atoms with Gasteiger partial charge >= 0.3 is 0 Å². The molecule has 2 aromatic heterocycles. The Labute approximate surface area is 196 Å². The molecular formula is C24H29N3O3S2. The lowest BCUT2D eigenvalue weighted by Crippen LogP contribution is -2.33. The van der Waals surface area contributed by atoms with E-state index in [0.29, 0.717) is 5.16 Å². The maximum Gasteiger partial charge on any atom is 0.267 e. The lowest BCUT2D eigenvalue weighted by atomic mass is 10.1. The van der Waals surface area contributed by atoms with Crippen molar-refractivity contribution in [1.82, 2.24) is 14.9 Å². The van der Waals surface area contributed by atoms with E-state index < -0.39 is 0 Å². The summed E-state index contributed by atoms with van der Waals surface area (Å²) in [5, 5.41) is 4.27. The molecular weight excluding hydrogens is 442 g/mol. The Morgan fingerprint density at radius 2 is 2.00 bits per heavy atom. The van der Waals surface area contributed by atoms with Crippen molar-refractivity contribution in [2.45, 2.75) is 63.6 Å². The van der Waals surface area contributed by atoms with E-state index in [1.165, 1.54) is 28.6 Å². The molecule has 1 aliphatic rings. The van der Waals surface area contributed by atoms with Crippen molar-refractivity contribution in [3.8, 4) is 11.4 Å². The zero-order valence-corrected chi connectivity index (χ0v) is 20.4. The summed E-state index contributed by atoms with van der Waals surface area (Å²) in [6.45, 7) is 4.02. The minimum Gasteiger partial charge on any atom is -0.497 e. The van der Waals surface area contributed by atoms with Crippen LogP contribution in [0.15, 0.2) is 34.2 Å². The van der Waals surface area contributed by atoms with Crippen molar-refractivity contribution in [3.05, 3.63) is 45.1 Å². The zero-order chi connectivity index (χ0) is 22.7. The Bertz CT molecular complexity index is 1170. The van der Waals surface area contributed by atoms with Gasteiger partial charge in [0.05, 0.1) is 23.9 Å². The third-order valence-electron chi connectivity index (χ3n) is 5.89. The number of carbonyl (C=O) groups is 1. The van der Waals surface area contributed by atoms with Gasteiger partial charge in [-0.15, -0.1) is 11.3 Å². The van der Waals surface area contributed by atoms with Gasteiger partial charge in [-0.05, 0) is 68.9 Å². The Morgan fingerprint density at radius 1 is 1.25 bits per heavy atom. The zero-order valence-electron chi connectivity index (χ0n) is 18.8. The van der Waals surface area contributed by atoms with Crippen LogP contribution in [0.3, 0.4) is 0 Å². The predicted molar refractivity (Wildman–Crippen MR) is 132 cm³/mol. The summed E-state index contributed by atoms with van der Waals surface area (Å²) in [5.41, 5.74) is 1.85. The molecule has 8 heteroatoms. The molecule has 6 nitrogen and oxygen atoms in total. The molecule has 0 saturated carbocycles. The predicted octanol–water partition coefficient (Wildman–Crippen LogP) is 4.73. The number of nitrogens with zero attached hydrogens (tertiary/aromatic N) is 2. The number of benzene rings is 1. The Morgan fingerprint density at radius 3 is 2.72 bits per heavy atom. The van der Waals surface area contributed by atoms with Gasteiger partial charge < -0.3 is 10.1 Å². The standard InChI is InChI=1S/C24H29N3O3S2/c1-4-15(2)25-20(28)14-31-24-26-22-21(18-8-6-5-7-9-19(18)32-22)23(29)27(24)16-10-12-17(30-3)13-11-16/h10-13,15H,4-9,14H2,1-3H3,(H,25,28). The molecule has 1 unspecified atom stereocenters. The number of aryl methyl sites for hydroxylation is 2. The third kappa shape index (κ3) is 4.71. The number of aromatic nitrogens is 2. The number of methoxy groups -OCH3 is 1. The summed E-state index contributed by atoms with van der Waals surface area (Å²) in [6, 6.07) is 7.52. The Kier molecular flexibility index (Phi) is 7.20. The second-order valence-electron chi connectivity index (χ2n) is 8.14. The molecule has 0 saturated heterocycles. The Balaban J connectivity index is 1.79. The minimum absolute atomic E-state index is 0.0515. The number of amides is 1. The number of fused-ring (bicyclic) bond motifs is 3. The highest BCUT2D eigenvalue weighted by atomic mass is 32.2. The second kappa shape index (κ2) is 10.1. The summed E-state index contributed by atoms with van der Waals surface area (Å²) >= 11 is 2.95. The fourth-order valence-corrected chi connectivity index (χ4v) is 6.09. The van der Waals surface area contributed by atoms with Gasteiger partial charge in [0.15, 0.2) is 5.16 Å². The van der Waals surface area contributed by atoms with Crippen molar-refractivity contribution in [2.75, 3.05) is 12.9 Å². The minimum atomic E-state index is -0.0538. The molecule has 170 valence electrons. The van der Waals surface area contributed by atoms with Crippen LogP contribution >= 0.6 is 23.1 Å². The van der Waals surface area contributed by atoms with Gasteiger partial charge in [0, 0.05) is 10.9 Å². The maximum absolute atomic E-state index is 13.8. The van der Waals surface area contributed by atoms with E-state index in [2.05, 4.69) is 5.32 Å². The lowest BCUT2D eigenvalue weighted by molar-refractivity contribution is -0.119. The molecule has 0 spiro atoms. The molecule has 1 N–H and O–H groups in total. The van der Waals surface area contributed by atoms with Gasteiger partial charge in [0.1, 0.15) is 10.6 Å². The molecule has 1 aromatic carbocycles. The second-order valence-corrected chi connectivity index (χ2v) is 10.2. The maximum atomic E-state index is 13.8. The van der Waals surface area contributed by atoms with Gasteiger partial charge in [0.25, 0.3) is 5.56 Å². The summed E-state index contributed by atoms with van der Waals surface area (Å²) in [7, 11) is 1.62. The first-order chi connectivity index (χ1) is 15.5. The first kappa shape index (κ1) is 22.9. The summed E-state index contributed by atoms with van der Waals surface area (Å²) < 4.78 is 6.93. The molecule has 0 bridgehead atoms. The van der Waals surface area contributed by atoms with E-state index in [1.54, 1.807) is 23.0 Å². The molecule has 0 radical (unpaired) electrons. The van der Waals surface area contributed by atoms with Gasteiger partial charge in [-0.3, -0.25) is 14.2 Å². The molecule has 0 fully saturated rings. The molecule has 2 heterocycles. The molecule has 0 aliphatic heterocycles. The lowest BCUT2D eigenvalue weighted by Gasteiger charge is -2.14. The fraction of sp³-hybridized carbons (Fsp3) is 0.458. The number of thioether (sulfide) groups is 1. The van der Waals surface area contributed by atoms with Crippen LogP contribution in [0.25, 0.3) is 15.9 Å². The number of nitrogens with one attached hydrogen (secondary N) is 1. The SMILES string of the molecule is CCC(C)NC(=O)CSc1nc2sc3c(c2c(=O)n1-c1ccc(OC)cc1)CCCCC3. The van der Waals surface area contributed by atoms with Crippen LogP contribution < -0.4 is 15.6 Å². The van der Waals surface area contributed by atoms with Gasteiger partial charge in [-0.25, -0.2) is 4.98 Å². The largest absolute Gasteiger partial charge is 0.497 e. The quantitative estimate of drug-likeness (QED) is 0.306. The number of thiophene rings is 1. The summed E-state index contributed by atoms with van der Waals surface area (Å²) in [6.07, 6.45) is 6.27. The highest BCUT2D eigenvalue weighted by Gasteiger charge is 2.23. The van der Waals surface area contributed by atoms with Crippen LogP contribution in [0.4, 0.5) is 0 Å². The highest BCUT2D eigenvalue weighted by molar-refractivity contribution is 7.99. The van der Waals surface area contributed by atoms with Gasteiger partial charge in [-0.2, -0.15) is 0 Å². The molecule has 32 heavy (non-hydrogen) atoms. The van der Waals surface area contributed by atoms with Crippen molar-refractivity contribution in [3.63, 3.8) is 0 Å². The van der Waals surface area contributed by atoms with Crippen molar-refractivity contribution >= 4 is 39.2 Å².